The van der Waals surface area contributed by atoms with Crippen LogP contribution in [0, 0.1) is 11.6 Å². The SMILES string of the molecule is OC(Cc1ccc(Cl)cc1F)c1cccc(Br)c1F. The minimum atomic E-state index is -1.12. The van der Waals surface area contributed by atoms with Crippen LogP contribution in [0.15, 0.2) is 40.9 Å². The first kappa shape index (κ1) is 14.4. The van der Waals surface area contributed by atoms with Crippen LogP contribution in [0.3, 0.4) is 0 Å². The van der Waals surface area contributed by atoms with Gasteiger partial charge in [0.1, 0.15) is 11.6 Å². The third-order valence-electron chi connectivity index (χ3n) is 2.77. The molecule has 0 spiro atoms. The molecule has 0 aliphatic carbocycles. The normalized spacial score (nSPS) is 12.5. The summed E-state index contributed by atoms with van der Waals surface area (Å²) in [6.45, 7) is 0. The Kier molecular flexibility index (Phi) is 4.55. The number of rotatable bonds is 3. The highest BCUT2D eigenvalue weighted by Gasteiger charge is 2.17. The van der Waals surface area contributed by atoms with Gasteiger partial charge in [0.25, 0.3) is 0 Å². The second-order valence-corrected chi connectivity index (χ2v) is 5.39. The lowest BCUT2D eigenvalue weighted by molar-refractivity contribution is 0.172. The highest BCUT2D eigenvalue weighted by Crippen LogP contribution is 2.27. The van der Waals surface area contributed by atoms with Gasteiger partial charge >= 0.3 is 0 Å². The first-order valence-electron chi connectivity index (χ1n) is 5.55. The molecule has 0 heterocycles. The van der Waals surface area contributed by atoms with Gasteiger partial charge < -0.3 is 5.11 Å². The molecule has 2 rings (SSSR count). The lowest BCUT2D eigenvalue weighted by Crippen LogP contribution is -2.06. The van der Waals surface area contributed by atoms with E-state index in [1.54, 1.807) is 6.07 Å². The van der Waals surface area contributed by atoms with Crippen molar-refractivity contribution >= 4 is 27.5 Å². The summed E-state index contributed by atoms with van der Waals surface area (Å²) in [6.07, 6.45) is -1.13. The summed E-state index contributed by atoms with van der Waals surface area (Å²) in [4.78, 5) is 0. The molecule has 0 saturated heterocycles. The van der Waals surface area contributed by atoms with E-state index < -0.39 is 17.7 Å². The zero-order chi connectivity index (χ0) is 14.0. The van der Waals surface area contributed by atoms with Crippen LogP contribution in [0.1, 0.15) is 17.2 Å². The Bertz CT molecular complexity index is 604. The molecule has 19 heavy (non-hydrogen) atoms. The van der Waals surface area contributed by atoms with E-state index in [2.05, 4.69) is 15.9 Å². The van der Waals surface area contributed by atoms with Gasteiger partial charge in [-0.15, -0.1) is 0 Å². The summed E-state index contributed by atoms with van der Waals surface area (Å²) in [7, 11) is 0. The summed E-state index contributed by atoms with van der Waals surface area (Å²) >= 11 is 8.69. The zero-order valence-corrected chi connectivity index (χ0v) is 12.0. The maximum Gasteiger partial charge on any atom is 0.143 e. The predicted molar refractivity (Wildman–Crippen MR) is 74.2 cm³/mol. The van der Waals surface area contributed by atoms with E-state index in [1.165, 1.54) is 30.3 Å². The minimum absolute atomic E-state index is 0.0175. The Morgan fingerprint density at radius 2 is 1.95 bits per heavy atom. The molecule has 1 atom stereocenters. The van der Waals surface area contributed by atoms with Gasteiger partial charge in [-0.1, -0.05) is 29.8 Å². The lowest BCUT2D eigenvalue weighted by atomic mass is 10.0. The van der Waals surface area contributed by atoms with E-state index in [4.69, 9.17) is 11.6 Å². The molecule has 1 unspecified atom stereocenters. The van der Waals surface area contributed by atoms with Crippen molar-refractivity contribution in [2.24, 2.45) is 0 Å². The zero-order valence-electron chi connectivity index (χ0n) is 9.71. The smallest absolute Gasteiger partial charge is 0.143 e. The van der Waals surface area contributed by atoms with E-state index in [0.29, 0.717) is 0 Å². The maximum absolute atomic E-state index is 13.8. The van der Waals surface area contributed by atoms with Crippen molar-refractivity contribution in [3.05, 3.63) is 68.7 Å². The summed E-state index contributed by atoms with van der Waals surface area (Å²) in [5.74, 6) is -1.05. The third-order valence-corrected chi connectivity index (χ3v) is 3.62. The second kappa shape index (κ2) is 5.99. The molecule has 0 aliphatic heterocycles. The molecule has 0 radical (unpaired) electrons. The van der Waals surface area contributed by atoms with Crippen molar-refractivity contribution in [2.45, 2.75) is 12.5 Å². The van der Waals surface area contributed by atoms with Crippen LogP contribution in [-0.4, -0.2) is 5.11 Å². The highest BCUT2D eigenvalue weighted by atomic mass is 79.9. The van der Waals surface area contributed by atoms with Gasteiger partial charge in [0, 0.05) is 17.0 Å². The Hall–Kier alpha value is -0.970. The Morgan fingerprint density at radius 1 is 1.21 bits per heavy atom. The average molecular weight is 348 g/mol. The first-order valence-corrected chi connectivity index (χ1v) is 6.72. The number of halogens is 4. The Labute approximate surface area is 123 Å². The molecular weight excluding hydrogens is 338 g/mol. The predicted octanol–water partition coefficient (Wildman–Crippen LogP) is 4.66. The molecule has 2 aromatic carbocycles. The van der Waals surface area contributed by atoms with Crippen molar-refractivity contribution in [2.75, 3.05) is 0 Å². The van der Waals surface area contributed by atoms with Crippen molar-refractivity contribution in [3.8, 4) is 0 Å². The van der Waals surface area contributed by atoms with Crippen LogP contribution in [-0.2, 0) is 6.42 Å². The molecule has 0 amide bonds. The summed E-state index contributed by atoms with van der Waals surface area (Å²) in [5.41, 5.74) is 0.417. The van der Waals surface area contributed by atoms with Crippen LogP contribution in [0.5, 0.6) is 0 Å². The molecule has 1 nitrogen and oxygen atoms in total. The average Bonchev–Trinajstić information content (AvgIpc) is 2.36. The Morgan fingerprint density at radius 3 is 2.63 bits per heavy atom. The van der Waals surface area contributed by atoms with Crippen LogP contribution < -0.4 is 0 Å². The largest absolute Gasteiger partial charge is 0.388 e. The number of aliphatic hydroxyl groups is 1. The van der Waals surface area contributed by atoms with Gasteiger partial charge in [-0.3, -0.25) is 0 Å². The van der Waals surface area contributed by atoms with Crippen molar-refractivity contribution < 1.29 is 13.9 Å². The quantitative estimate of drug-likeness (QED) is 0.856. The third kappa shape index (κ3) is 3.32. The molecule has 2 aromatic rings. The van der Waals surface area contributed by atoms with Gasteiger partial charge in [0.15, 0.2) is 0 Å². The fraction of sp³-hybridized carbons (Fsp3) is 0.143. The number of aliphatic hydroxyl groups excluding tert-OH is 1. The monoisotopic (exact) mass is 346 g/mol. The minimum Gasteiger partial charge on any atom is -0.388 e. The number of benzene rings is 2. The number of hydrogen-bond donors (Lipinski definition) is 1. The van der Waals surface area contributed by atoms with E-state index in [1.807, 2.05) is 0 Å². The van der Waals surface area contributed by atoms with Gasteiger partial charge in [0.2, 0.25) is 0 Å². The van der Waals surface area contributed by atoms with E-state index in [0.717, 1.165) is 0 Å². The van der Waals surface area contributed by atoms with Crippen molar-refractivity contribution in [1.29, 1.82) is 0 Å². The molecule has 1 N–H and O–H groups in total. The molecular formula is C14H10BrClF2O. The van der Waals surface area contributed by atoms with Crippen molar-refractivity contribution in [3.63, 3.8) is 0 Å². The molecule has 5 heteroatoms. The molecule has 0 aliphatic rings. The van der Waals surface area contributed by atoms with Crippen molar-refractivity contribution in [1.82, 2.24) is 0 Å². The Balaban J connectivity index is 2.25. The summed E-state index contributed by atoms with van der Waals surface area (Å²) < 4.78 is 27.7. The van der Waals surface area contributed by atoms with Gasteiger partial charge in [0.05, 0.1) is 10.6 Å². The highest BCUT2D eigenvalue weighted by molar-refractivity contribution is 9.10. The van der Waals surface area contributed by atoms with Crippen LogP contribution in [0.4, 0.5) is 8.78 Å². The lowest BCUT2D eigenvalue weighted by Gasteiger charge is -2.13. The van der Waals surface area contributed by atoms with Crippen LogP contribution in [0.2, 0.25) is 5.02 Å². The summed E-state index contributed by atoms with van der Waals surface area (Å²) in [6, 6.07) is 8.80. The standard InChI is InChI=1S/C14H10BrClF2O/c15-11-3-1-2-10(14(11)18)13(19)6-8-4-5-9(16)7-12(8)17/h1-5,7,13,19H,6H2. The van der Waals surface area contributed by atoms with Gasteiger partial charge in [-0.2, -0.15) is 0 Å². The molecule has 0 saturated carbocycles. The molecule has 0 bridgehead atoms. The maximum atomic E-state index is 13.8. The molecule has 0 fully saturated rings. The summed E-state index contributed by atoms with van der Waals surface area (Å²) in [5, 5.41) is 10.3. The van der Waals surface area contributed by atoms with E-state index in [9.17, 15) is 13.9 Å². The first-order chi connectivity index (χ1) is 8.99. The van der Waals surface area contributed by atoms with Gasteiger partial charge in [-0.05, 0) is 39.7 Å². The topological polar surface area (TPSA) is 20.2 Å². The van der Waals surface area contributed by atoms with Crippen LogP contribution in [0.25, 0.3) is 0 Å². The van der Waals surface area contributed by atoms with E-state index in [-0.39, 0.29) is 27.0 Å². The fourth-order valence-corrected chi connectivity index (χ4v) is 2.32. The van der Waals surface area contributed by atoms with Gasteiger partial charge in [-0.25, -0.2) is 8.78 Å². The van der Waals surface area contributed by atoms with E-state index >= 15 is 0 Å². The molecule has 0 aromatic heterocycles. The number of hydrogen-bond acceptors (Lipinski definition) is 1. The fourth-order valence-electron chi connectivity index (χ4n) is 1.78. The second-order valence-electron chi connectivity index (χ2n) is 4.10. The van der Waals surface area contributed by atoms with Crippen LogP contribution >= 0.6 is 27.5 Å². The molecule has 100 valence electrons.